The number of nitrogens with one attached hydrogen (secondary N) is 1. The molecule has 0 spiro atoms. The van der Waals surface area contributed by atoms with E-state index in [0.717, 1.165) is 34.2 Å². The first-order valence-corrected chi connectivity index (χ1v) is 16.6. The first kappa shape index (κ1) is 34.0. The van der Waals surface area contributed by atoms with Gasteiger partial charge in [0.2, 0.25) is 0 Å². The number of urea groups is 1. The van der Waals surface area contributed by atoms with E-state index in [1.165, 1.54) is 46.4 Å². The zero-order valence-corrected chi connectivity index (χ0v) is 28.1. The zero-order valence-electron chi connectivity index (χ0n) is 27.2. The summed E-state index contributed by atoms with van der Waals surface area (Å²) in [7, 11) is 0. The SMILES string of the molecule is Cc1cccc(N2/C(=N/C(=O)NC(C)C(C)c3ccc(-c4ncn(-c5ccc(OC(F)(F)F)cc5)n4)cc3)SCCC2C)c1C(C)C. The van der Waals surface area contributed by atoms with Crippen LogP contribution in [0.4, 0.5) is 23.7 Å². The van der Waals surface area contributed by atoms with Gasteiger partial charge in [0.15, 0.2) is 11.0 Å². The van der Waals surface area contributed by atoms with Gasteiger partial charge in [-0.2, -0.15) is 4.99 Å². The van der Waals surface area contributed by atoms with Crippen molar-refractivity contribution in [2.45, 2.75) is 78.2 Å². The molecule has 1 aromatic heterocycles. The van der Waals surface area contributed by atoms with Crippen molar-refractivity contribution >= 4 is 28.6 Å². The Bertz CT molecular complexity index is 1720. The molecule has 1 fully saturated rings. The van der Waals surface area contributed by atoms with E-state index in [2.05, 4.69) is 82.8 Å². The molecule has 47 heavy (non-hydrogen) atoms. The number of alkyl halides is 3. The number of carbonyl (C=O) groups is 1. The average Bonchev–Trinajstić information content (AvgIpc) is 3.50. The summed E-state index contributed by atoms with van der Waals surface area (Å²) in [6.07, 6.45) is -2.25. The summed E-state index contributed by atoms with van der Waals surface area (Å²) in [5.74, 6) is 1.39. The molecule has 5 rings (SSSR count). The number of aromatic nitrogens is 3. The largest absolute Gasteiger partial charge is 0.573 e. The minimum atomic E-state index is -4.75. The fourth-order valence-corrected chi connectivity index (χ4v) is 6.95. The van der Waals surface area contributed by atoms with Gasteiger partial charge in [-0.15, -0.1) is 18.3 Å². The summed E-state index contributed by atoms with van der Waals surface area (Å²) >= 11 is 1.61. The standard InChI is InChI=1S/C35H39F3N6O2S/c1-21(2)31-22(3)8-7-9-30(31)44-23(4)18-19-47-34(44)41-33(45)40-25(6)24(5)26-10-12-27(13-11-26)32-39-20-43(42-32)28-14-16-29(17-15-28)46-35(36,37)38/h7-17,20-21,23-25H,18-19H2,1-6H3,(H,40,45)/b41-34-. The third kappa shape index (κ3) is 8.16. The summed E-state index contributed by atoms with van der Waals surface area (Å²) in [5.41, 5.74) is 5.96. The summed E-state index contributed by atoms with van der Waals surface area (Å²) in [5, 5.41) is 8.27. The highest BCUT2D eigenvalue weighted by atomic mass is 32.2. The number of hydrogen-bond donors (Lipinski definition) is 1. The van der Waals surface area contributed by atoms with Gasteiger partial charge in [0.25, 0.3) is 0 Å². The Kier molecular flexibility index (Phi) is 10.3. The van der Waals surface area contributed by atoms with E-state index in [0.29, 0.717) is 17.4 Å². The number of amidine groups is 1. The van der Waals surface area contributed by atoms with Gasteiger partial charge in [-0.25, -0.2) is 14.5 Å². The van der Waals surface area contributed by atoms with Crippen LogP contribution in [-0.4, -0.2) is 50.2 Å². The van der Waals surface area contributed by atoms with Crippen molar-refractivity contribution in [1.29, 1.82) is 0 Å². The van der Waals surface area contributed by atoms with E-state index in [1.807, 2.05) is 31.2 Å². The Hall–Kier alpha value is -4.32. The molecule has 1 N–H and O–H groups in total. The smallest absolute Gasteiger partial charge is 0.406 e. The maximum Gasteiger partial charge on any atom is 0.573 e. The number of ether oxygens (including phenoxy) is 1. The minimum absolute atomic E-state index is 0.00509. The molecule has 2 heterocycles. The number of nitrogens with zero attached hydrogens (tertiary/aromatic N) is 5. The highest BCUT2D eigenvalue weighted by molar-refractivity contribution is 8.14. The number of amides is 2. The van der Waals surface area contributed by atoms with Crippen molar-refractivity contribution < 1.29 is 22.7 Å². The molecule has 2 amide bonds. The van der Waals surface area contributed by atoms with Crippen molar-refractivity contribution in [2.24, 2.45) is 4.99 Å². The van der Waals surface area contributed by atoms with Crippen LogP contribution in [0.3, 0.4) is 0 Å². The second kappa shape index (κ2) is 14.2. The van der Waals surface area contributed by atoms with Crippen LogP contribution in [-0.2, 0) is 0 Å². The van der Waals surface area contributed by atoms with Crippen LogP contribution in [0.5, 0.6) is 5.75 Å². The molecule has 0 aliphatic carbocycles. The molecular formula is C35H39F3N6O2S. The lowest BCUT2D eigenvalue weighted by molar-refractivity contribution is -0.274. The fraction of sp³-hybridized carbons (Fsp3) is 0.371. The predicted octanol–water partition coefficient (Wildman–Crippen LogP) is 8.85. The number of rotatable bonds is 8. The highest BCUT2D eigenvalue weighted by Crippen LogP contribution is 2.36. The van der Waals surface area contributed by atoms with Crippen LogP contribution >= 0.6 is 11.8 Å². The molecule has 0 saturated carbocycles. The Morgan fingerprint density at radius 2 is 1.74 bits per heavy atom. The third-order valence-corrected chi connectivity index (χ3v) is 9.36. The molecule has 3 atom stereocenters. The van der Waals surface area contributed by atoms with Crippen molar-refractivity contribution in [2.75, 3.05) is 10.7 Å². The van der Waals surface area contributed by atoms with E-state index in [9.17, 15) is 18.0 Å². The molecule has 0 bridgehead atoms. The first-order chi connectivity index (χ1) is 22.3. The van der Waals surface area contributed by atoms with Gasteiger partial charge in [0.1, 0.15) is 12.1 Å². The molecular weight excluding hydrogens is 625 g/mol. The lowest BCUT2D eigenvalue weighted by Gasteiger charge is -2.37. The van der Waals surface area contributed by atoms with E-state index in [4.69, 9.17) is 0 Å². The molecule has 248 valence electrons. The van der Waals surface area contributed by atoms with Crippen molar-refractivity contribution in [3.05, 3.63) is 89.7 Å². The summed E-state index contributed by atoms with van der Waals surface area (Å²) in [6.45, 7) is 12.7. The van der Waals surface area contributed by atoms with Gasteiger partial charge in [-0.1, -0.05) is 68.9 Å². The molecule has 12 heteroatoms. The predicted molar refractivity (Wildman–Crippen MR) is 182 cm³/mol. The van der Waals surface area contributed by atoms with Gasteiger partial charge in [-0.05, 0) is 80.1 Å². The zero-order chi connectivity index (χ0) is 33.9. The second-order valence-corrected chi connectivity index (χ2v) is 13.2. The Morgan fingerprint density at radius 3 is 2.40 bits per heavy atom. The topological polar surface area (TPSA) is 84.6 Å². The monoisotopic (exact) mass is 664 g/mol. The quantitative estimate of drug-likeness (QED) is 0.203. The van der Waals surface area contributed by atoms with Gasteiger partial charge >= 0.3 is 12.4 Å². The molecule has 0 radical (unpaired) electrons. The van der Waals surface area contributed by atoms with Crippen LogP contribution in [0.2, 0.25) is 0 Å². The van der Waals surface area contributed by atoms with Crippen molar-refractivity contribution in [3.63, 3.8) is 0 Å². The lowest BCUT2D eigenvalue weighted by atomic mass is 9.93. The Balaban J connectivity index is 1.25. The number of carbonyl (C=O) groups excluding carboxylic acids is 1. The summed E-state index contributed by atoms with van der Waals surface area (Å²) in [4.78, 5) is 24.4. The number of aryl methyl sites for hydroxylation is 1. The molecule has 3 aromatic carbocycles. The maximum absolute atomic E-state index is 13.3. The van der Waals surface area contributed by atoms with Crippen LogP contribution < -0.4 is 15.0 Å². The number of halogens is 3. The fourth-order valence-electron chi connectivity index (χ4n) is 5.74. The van der Waals surface area contributed by atoms with E-state index < -0.39 is 6.36 Å². The van der Waals surface area contributed by atoms with Crippen molar-refractivity contribution in [3.8, 4) is 22.8 Å². The summed E-state index contributed by atoms with van der Waals surface area (Å²) in [6, 6.07) is 19.2. The average molecular weight is 665 g/mol. The van der Waals surface area contributed by atoms with Gasteiger partial charge in [0, 0.05) is 35.0 Å². The summed E-state index contributed by atoms with van der Waals surface area (Å²) < 4.78 is 42.8. The number of thioether (sulfide) groups is 1. The van der Waals surface area contributed by atoms with E-state index in [-0.39, 0.29) is 29.8 Å². The number of benzene rings is 3. The van der Waals surface area contributed by atoms with E-state index in [1.54, 1.807) is 11.8 Å². The molecule has 8 nitrogen and oxygen atoms in total. The van der Waals surface area contributed by atoms with Crippen LogP contribution in [0.1, 0.15) is 69.6 Å². The molecule has 1 aliphatic heterocycles. The maximum atomic E-state index is 13.3. The van der Waals surface area contributed by atoms with Crippen LogP contribution in [0, 0.1) is 6.92 Å². The number of anilines is 1. The molecule has 4 aromatic rings. The van der Waals surface area contributed by atoms with Gasteiger partial charge in [-0.3, -0.25) is 0 Å². The minimum Gasteiger partial charge on any atom is -0.406 e. The van der Waals surface area contributed by atoms with Gasteiger partial charge in [0.05, 0.1) is 5.69 Å². The second-order valence-electron chi connectivity index (χ2n) is 12.1. The molecule has 3 unspecified atom stereocenters. The lowest BCUT2D eigenvalue weighted by Crippen LogP contribution is -2.43. The van der Waals surface area contributed by atoms with Gasteiger partial charge < -0.3 is 15.0 Å². The van der Waals surface area contributed by atoms with E-state index >= 15 is 0 Å². The number of aliphatic imine (C=N–C) groups is 1. The highest BCUT2D eigenvalue weighted by Gasteiger charge is 2.31. The Labute approximate surface area is 277 Å². The van der Waals surface area contributed by atoms with Crippen LogP contribution in [0.25, 0.3) is 17.1 Å². The molecule has 1 aliphatic rings. The van der Waals surface area contributed by atoms with Crippen molar-refractivity contribution in [1.82, 2.24) is 20.1 Å². The third-order valence-electron chi connectivity index (χ3n) is 8.37. The Morgan fingerprint density at radius 1 is 1.04 bits per heavy atom. The number of hydrogen-bond acceptors (Lipinski definition) is 5. The molecule has 1 saturated heterocycles. The first-order valence-electron chi connectivity index (χ1n) is 15.6. The normalized spacial score (nSPS) is 17.5. The van der Waals surface area contributed by atoms with Crippen LogP contribution in [0.15, 0.2) is 78.0 Å².